The summed E-state index contributed by atoms with van der Waals surface area (Å²) >= 11 is 0. The fraction of sp³-hybridized carbons (Fsp3) is 0.133. The summed E-state index contributed by atoms with van der Waals surface area (Å²) in [5, 5.41) is 13.3. The van der Waals surface area contributed by atoms with Gasteiger partial charge in [-0.2, -0.15) is 4.39 Å². The second-order valence-electron chi connectivity index (χ2n) is 4.41. The molecule has 0 radical (unpaired) electrons. The van der Waals surface area contributed by atoms with Crippen LogP contribution in [0.3, 0.4) is 0 Å². The van der Waals surface area contributed by atoms with Gasteiger partial charge in [-0.3, -0.25) is 14.9 Å². The second-order valence-corrected chi connectivity index (χ2v) is 4.41. The van der Waals surface area contributed by atoms with E-state index in [9.17, 15) is 19.3 Å². The molecule has 0 aliphatic carbocycles. The Bertz CT molecular complexity index is 659. The molecule has 0 spiro atoms. The van der Waals surface area contributed by atoms with Crippen molar-refractivity contribution < 1.29 is 14.1 Å². The third kappa shape index (κ3) is 3.85. The Labute approximate surface area is 120 Å². The summed E-state index contributed by atoms with van der Waals surface area (Å²) < 4.78 is 13.2. The van der Waals surface area contributed by atoms with E-state index in [1.807, 2.05) is 30.3 Å². The van der Waals surface area contributed by atoms with Crippen molar-refractivity contribution in [3.05, 3.63) is 75.6 Å². The van der Waals surface area contributed by atoms with Crippen LogP contribution in [0.25, 0.3) is 0 Å². The van der Waals surface area contributed by atoms with Crippen molar-refractivity contribution in [1.29, 1.82) is 0 Å². The van der Waals surface area contributed by atoms with Crippen molar-refractivity contribution in [2.75, 3.05) is 6.54 Å². The number of benzene rings is 2. The van der Waals surface area contributed by atoms with E-state index in [2.05, 4.69) is 5.32 Å². The van der Waals surface area contributed by atoms with Crippen LogP contribution in [0.1, 0.15) is 15.9 Å². The molecule has 6 heteroatoms. The normalized spacial score (nSPS) is 10.1. The molecular weight excluding hydrogens is 275 g/mol. The second kappa shape index (κ2) is 6.60. The Morgan fingerprint density at radius 2 is 1.90 bits per heavy atom. The molecule has 21 heavy (non-hydrogen) atoms. The molecule has 2 rings (SSSR count). The zero-order chi connectivity index (χ0) is 15.2. The maximum Gasteiger partial charge on any atom is 0.305 e. The summed E-state index contributed by atoms with van der Waals surface area (Å²) in [5.41, 5.74) is 0.435. The molecule has 1 amide bonds. The predicted molar refractivity (Wildman–Crippen MR) is 75.5 cm³/mol. The molecule has 0 unspecified atom stereocenters. The number of rotatable bonds is 5. The monoisotopic (exact) mass is 288 g/mol. The zero-order valence-corrected chi connectivity index (χ0v) is 11.1. The van der Waals surface area contributed by atoms with Crippen LogP contribution in [0.5, 0.6) is 0 Å². The molecule has 0 aliphatic heterocycles. The Kier molecular flexibility index (Phi) is 4.61. The summed E-state index contributed by atoms with van der Waals surface area (Å²) in [5.74, 6) is -1.42. The first-order chi connectivity index (χ1) is 10.1. The molecule has 0 heterocycles. The van der Waals surface area contributed by atoms with E-state index in [4.69, 9.17) is 0 Å². The first-order valence-electron chi connectivity index (χ1n) is 6.34. The Balaban J connectivity index is 1.97. The highest BCUT2D eigenvalue weighted by Gasteiger charge is 2.17. The largest absolute Gasteiger partial charge is 0.352 e. The molecule has 108 valence electrons. The van der Waals surface area contributed by atoms with E-state index in [0.717, 1.165) is 17.7 Å². The van der Waals surface area contributed by atoms with Gasteiger partial charge in [0.1, 0.15) is 0 Å². The first kappa shape index (κ1) is 14.6. The Morgan fingerprint density at radius 3 is 2.57 bits per heavy atom. The van der Waals surface area contributed by atoms with Crippen molar-refractivity contribution in [2.45, 2.75) is 6.42 Å². The lowest BCUT2D eigenvalue weighted by Crippen LogP contribution is -2.25. The van der Waals surface area contributed by atoms with Crippen molar-refractivity contribution in [1.82, 2.24) is 5.32 Å². The molecule has 0 aromatic heterocycles. The number of hydrogen-bond donors (Lipinski definition) is 1. The topological polar surface area (TPSA) is 72.2 Å². The molecule has 0 saturated carbocycles. The van der Waals surface area contributed by atoms with E-state index >= 15 is 0 Å². The zero-order valence-electron chi connectivity index (χ0n) is 11.1. The van der Waals surface area contributed by atoms with Gasteiger partial charge in [0.2, 0.25) is 5.82 Å². The molecular formula is C15H13FN2O3. The third-order valence-corrected chi connectivity index (χ3v) is 2.95. The fourth-order valence-electron chi connectivity index (χ4n) is 1.86. The average molecular weight is 288 g/mol. The van der Waals surface area contributed by atoms with Gasteiger partial charge in [-0.1, -0.05) is 30.3 Å². The summed E-state index contributed by atoms with van der Waals surface area (Å²) in [4.78, 5) is 21.6. The molecule has 0 saturated heterocycles. The van der Waals surface area contributed by atoms with Gasteiger partial charge in [0.25, 0.3) is 5.91 Å². The molecule has 2 aromatic rings. The van der Waals surface area contributed by atoms with Crippen LogP contribution in [0.15, 0.2) is 48.5 Å². The Morgan fingerprint density at radius 1 is 1.19 bits per heavy atom. The molecule has 0 aliphatic rings. The molecule has 0 fully saturated rings. The summed E-state index contributed by atoms with van der Waals surface area (Å²) in [7, 11) is 0. The number of hydrogen-bond acceptors (Lipinski definition) is 3. The van der Waals surface area contributed by atoms with Crippen LogP contribution < -0.4 is 5.32 Å². The van der Waals surface area contributed by atoms with Crippen molar-refractivity contribution >= 4 is 11.6 Å². The SMILES string of the molecule is O=C(NCCc1ccccc1)c1ccc(F)c([N+](=O)[O-])c1. The highest BCUT2D eigenvalue weighted by Crippen LogP contribution is 2.18. The smallest absolute Gasteiger partial charge is 0.305 e. The predicted octanol–water partition coefficient (Wildman–Crippen LogP) is 2.71. The van der Waals surface area contributed by atoms with Gasteiger partial charge < -0.3 is 5.32 Å². The van der Waals surface area contributed by atoms with Crippen molar-refractivity contribution in [2.24, 2.45) is 0 Å². The van der Waals surface area contributed by atoms with E-state index in [1.54, 1.807) is 0 Å². The summed E-state index contributed by atoms with van der Waals surface area (Å²) in [6.07, 6.45) is 0.649. The van der Waals surface area contributed by atoms with Gasteiger partial charge in [-0.25, -0.2) is 0 Å². The lowest BCUT2D eigenvalue weighted by Gasteiger charge is -2.05. The van der Waals surface area contributed by atoms with Crippen LogP contribution >= 0.6 is 0 Å². The molecule has 2 aromatic carbocycles. The minimum Gasteiger partial charge on any atom is -0.352 e. The van der Waals surface area contributed by atoms with Crippen LogP contribution in [-0.2, 0) is 6.42 Å². The maximum absolute atomic E-state index is 13.2. The summed E-state index contributed by atoms with van der Waals surface area (Å²) in [6, 6.07) is 12.7. The van der Waals surface area contributed by atoms with Crippen molar-refractivity contribution in [3.8, 4) is 0 Å². The van der Waals surface area contributed by atoms with Gasteiger partial charge in [0.05, 0.1) is 4.92 Å². The van der Waals surface area contributed by atoms with Gasteiger partial charge in [-0.05, 0) is 24.1 Å². The molecule has 1 N–H and O–H groups in total. The van der Waals surface area contributed by atoms with Gasteiger partial charge >= 0.3 is 5.69 Å². The maximum atomic E-state index is 13.2. The van der Waals surface area contributed by atoms with Crippen molar-refractivity contribution in [3.63, 3.8) is 0 Å². The van der Waals surface area contributed by atoms with Gasteiger partial charge in [-0.15, -0.1) is 0 Å². The van der Waals surface area contributed by atoms with Gasteiger partial charge in [0.15, 0.2) is 0 Å². The fourth-order valence-corrected chi connectivity index (χ4v) is 1.86. The van der Waals surface area contributed by atoms with Crippen LogP contribution in [0, 0.1) is 15.9 Å². The first-order valence-corrected chi connectivity index (χ1v) is 6.34. The number of nitrogens with one attached hydrogen (secondary N) is 1. The van der Waals surface area contributed by atoms with E-state index < -0.39 is 22.3 Å². The lowest BCUT2D eigenvalue weighted by molar-refractivity contribution is -0.387. The van der Waals surface area contributed by atoms with E-state index in [1.165, 1.54) is 6.07 Å². The number of halogens is 1. The highest BCUT2D eigenvalue weighted by molar-refractivity contribution is 5.94. The molecule has 5 nitrogen and oxygen atoms in total. The van der Waals surface area contributed by atoms with E-state index in [0.29, 0.717) is 13.0 Å². The molecule has 0 bridgehead atoms. The van der Waals surface area contributed by atoms with E-state index in [-0.39, 0.29) is 5.56 Å². The number of nitrogens with zero attached hydrogens (tertiary/aromatic N) is 1. The highest BCUT2D eigenvalue weighted by atomic mass is 19.1. The van der Waals surface area contributed by atoms with Crippen LogP contribution in [0.2, 0.25) is 0 Å². The minimum absolute atomic E-state index is 0.0659. The van der Waals surface area contributed by atoms with Crippen LogP contribution in [0.4, 0.5) is 10.1 Å². The lowest BCUT2D eigenvalue weighted by atomic mass is 10.1. The van der Waals surface area contributed by atoms with Crippen LogP contribution in [-0.4, -0.2) is 17.4 Å². The standard InChI is InChI=1S/C15H13FN2O3/c16-13-7-6-12(10-14(13)18(20)21)15(19)17-9-8-11-4-2-1-3-5-11/h1-7,10H,8-9H2,(H,17,19). The number of nitro benzene ring substituents is 1. The van der Waals surface area contributed by atoms with Gasteiger partial charge in [0, 0.05) is 18.2 Å². The summed E-state index contributed by atoms with van der Waals surface area (Å²) in [6.45, 7) is 0.397. The minimum atomic E-state index is -0.958. The Hall–Kier alpha value is -2.76. The number of amides is 1. The third-order valence-electron chi connectivity index (χ3n) is 2.95. The number of carbonyl (C=O) groups excluding carboxylic acids is 1. The number of nitro groups is 1. The average Bonchev–Trinajstić information content (AvgIpc) is 2.48. The quantitative estimate of drug-likeness (QED) is 0.679. The number of carbonyl (C=O) groups is 1. The molecule has 0 atom stereocenters.